The van der Waals surface area contributed by atoms with Crippen LogP contribution in [0.5, 0.6) is 0 Å². The predicted molar refractivity (Wildman–Crippen MR) is 159 cm³/mol. The van der Waals surface area contributed by atoms with Gasteiger partial charge in [0.25, 0.3) is 0 Å². The SMILES string of the molecule is CC(C)(C)O[C@@H]1C[C@@H](C(=O)NCc2ccc(-c3cnco3)cc2)N(C(=O)OCC2c3ccccc3-c3ccccc32)C1. The number of ether oxygens (including phenoxy) is 2. The van der Waals surface area contributed by atoms with Crippen molar-refractivity contribution in [2.24, 2.45) is 0 Å². The predicted octanol–water partition coefficient (Wildman–Crippen LogP) is 6.16. The molecule has 1 saturated heterocycles. The number of amides is 2. The minimum absolute atomic E-state index is 0.0576. The van der Waals surface area contributed by atoms with Crippen LogP contribution in [-0.2, 0) is 20.8 Å². The normalized spacial score (nSPS) is 18.0. The van der Waals surface area contributed by atoms with E-state index in [1.165, 1.54) is 22.4 Å². The molecule has 0 spiro atoms. The number of nitrogens with zero attached hydrogens (tertiary/aromatic N) is 2. The molecule has 0 unspecified atom stereocenters. The Balaban J connectivity index is 1.13. The van der Waals surface area contributed by atoms with Gasteiger partial charge >= 0.3 is 6.09 Å². The molecule has 1 aromatic heterocycles. The molecule has 42 heavy (non-hydrogen) atoms. The summed E-state index contributed by atoms with van der Waals surface area (Å²) < 4.78 is 17.5. The molecule has 1 aliphatic heterocycles. The first-order valence-electron chi connectivity index (χ1n) is 14.3. The molecular formula is C34H35N3O5. The van der Waals surface area contributed by atoms with E-state index in [-0.39, 0.29) is 31.1 Å². The summed E-state index contributed by atoms with van der Waals surface area (Å²) in [6, 6.07) is 23.5. The third kappa shape index (κ3) is 5.81. The Morgan fingerprint density at radius 3 is 2.26 bits per heavy atom. The lowest BCUT2D eigenvalue weighted by atomic mass is 9.98. The highest BCUT2D eigenvalue weighted by atomic mass is 16.6. The summed E-state index contributed by atoms with van der Waals surface area (Å²) in [5.74, 6) is 0.390. The number of aromatic nitrogens is 1. The molecule has 8 nitrogen and oxygen atoms in total. The molecule has 4 aromatic rings. The van der Waals surface area contributed by atoms with Crippen molar-refractivity contribution in [1.82, 2.24) is 15.2 Å². The first kappa shape index (κ1) is 27.7. The van der Waals surface area contributed by atoms with E-state index in [1.54, 1.807) is 6.20 Å². The summed E-state index contributed by atoms with van der Waals surface area (Å²) >= 11 is 0. The van der Waals surface area contributed by atoms with Crippen LogP contribution in [0.15, 0.2) is 89.8 Å². The first-order chi connectivity index (χ1) is 20.3. The van der Waals surface area contributed by atoms with Gasteiger partial charge in [-0.3, -0.25) is 9.69 Å². The number of benzene rings is 3. The fourth-order valence-electron chi connectivity index (χ4n) is 5.96. The molecule has 1 aliphatic carbocycles. The summed E-state index contributed by atoms with van der Waals surface area (Å²) in [5.41, 5.74) is 6.05. The zero-order chi connectivity index (χ0) is 29.3. The van der Waals surface area contributed by atoms with Gasteiger partial charge in [0.1, 0.15) is 12.6 Å². The zero-order valence-electron chi connectivity index (χ0n) is 24.1. The number of oxazole rings is 1. The van der Waals surface area contributed by atoms with Crippen molar-refractivity contribution < 1.29 is 23.5 Å². The smallest absolute Gasteiger partial charge is 0.410 e. The largest absolute Gasteiger partial charge is 0.448 e. The van der Waals surface area contributed by atoms with E-state index in [0.717, 1.165) is 22.3 Å². The summed E-state index contributed by atoms with van der Waals surface area (Å²) in [6.45, 7) is 6.73. The molecule has 2 atom stereocenters. The van der Waals surface area contributed by atoms with Crippen LogP contribution in [0.4, 0.5) is 4.79 Å². The number of hydrogen-bond donors (Lipinski definition) is 1. The van der Waals surface area contributed by atoms with E-state index in [1.807, 2.05) is 69.3 Å². The van der Waals surface area contributed by atoms with Crippen molar-refractivity contribution in [1.29, 1.82) is 0 Å². The molecule has 0 bridgehead atoms. The Labute approximate surface area is 245 Å². The van der Waals surface area contributed by atoms with Crippen molar-refractivity contribution in [3.63, 3.8) is 0 Å². The van der Waals surface area contributed by atoms with Crippen LogP contribution in [0.1, 0.15) is 49.8 Å². The van der Waals surface area contributed by atoms with E-state index in [2.05, 4.69) is 34.6 Å². The van der Waals surface area contributed by atoms with E-state index in [0.29, 0.717) is 18.7 Å². The average Bonchev–Trinajstić information content (AvgIpc) is 3.73. The highest BCUT2D eigenvalue weighted by Gasteiger charge is 2.42. The van der Waals surface area contributed by atoms with Crippen LogP contribution in [0, 0.1) is 0 Å². The van der Waals surface area contributed by atoms with Gasteiger partial charge in [0.05, 0.1) is 24.4 Å². The van der Waals surface area contributed by atoms with Gasteiger partial charge in [-0.1, -0.05) is 72.8 Å². The molecule has 216 valence electrons. The molecule has 1 fully saturated rings. The molecule has 1 N–H and O–H groups in total. The fourth-order valence-corrected chi connectivity index (χ4v) is 5.96. The minimum Gasteiger partial charge on any atom is -0.448 e. The number of fused-ring (bicyclic) bond motifs is 3. The number of rotatable bonds is 7. The van der Waals surface area contributed by atoms with Crippen molar-refractivity contribution in [2.45, 2.75) is 57.4 Å². The lowest BCUT2D eigenvalue weighted by molar-refractivity contribution is -0.125. The van der Waals surface area contributed by atoms with Crippen LogP contribution < -0.4 is 5.32 Å². The third-order valence-electron chi connectivity index (χ3n) is 7.79. The topological polar surface area (TPSA) is 93.9 Å². The number of nitrogens with one attached hydrogen (secondary N) is 1. The lowest BCUT2D eigenvalue weighted by Crippen LogP contribution is -2.46. The van der Waals surface area contributed by atoms with Gasteiger partial charge in [-0.05, 0) is 48.6 Å². The fraction of sp³-hybridized carbons (Fsp3) is 0.324. The molecule has 6 rings (SSSR count). The maximum atomic E-state index is 13.5. The molecule has 2 aliphatic rings. The molecule has 0 radical (unpaired) electrons. The Bertz CT molecular complexity index is 1510. The zero-order valence-corrected chi connectivity index (χ0v) is 24.1. The van der Waals surface area contributed by atoms with Gasteiger partial charge in [0, 0.05) is 24.4 Å². The molecule has 0 saturated carbocycles. The molecule has 3 aromatic carbocycles. The molecule has 2 amide bonds. The van der Waals surface area contributed by atoms with E-state index in [4.69, 9.17) is 13.9 Å². The second-order valence-electron chi connectivity index (χ2n) is 11.8. The van der Waals surface area contributed by atoms with Crippen LogP contribution >= 0.6 is 0 Å². The van der Waals surface area contributed by atoms with E-state index >= 15 is 0 Å². The molecular weight excluding hydrogens is 530 g/mol. The van der Waals surface area contributed by atoms with Gasteiger partial charge in [-0.25, -0.2) is 9.78 Å². The van der Waals surface area contributed by atoms with Crippen molar-refractivity contribution in [2.75, 3.05) is 13.2 Å². The van der Waals surface area contributed by atoms with E-state index < -0.39 is 17.7 Å². The standard InChI is InChI=1S/C34H35N3O5/c1-34(2,3)42-24-16-30(32(38)36-17-22-12-14-23(15-13-22)31-18-35-21-41-31)37(19-24)33(39)40-20-29-27-10-6-4-8-25(27)26-9-5-7-11-28(26)29/h4-15,18,21,24,29-30H,16-17,19-20H2,1-3H3,(H,36,38)/t24-,30+/m1/s1. The summed E-state index contributed by atoms with van der Waals surface area (Å²) in [5, 5.41) is 3.01. The Morgan fingerprint density at radius 1 is 0.976 bits per heavy atom. The lowest BCUT2D eigenvalue weighted by Gasteiger charge is -2.25. The van der Waals surface area contributed by atoms with Crippen molar-refractivity contribution >= 4 is 12.0 Å². The van der Waals surface area contributed by atoms with Gasteiger partial charge in [-0.15, -0.1) is 0 Å². The third-order valence-corrected chi connectivity index (χ3v) is 7.79. The Kier molecular flexibility index (Phi) is 7.56. The summed E-state index contributed by atoms with van der Waals surface area (Å²) in [7, 11) is 0. The maximum absolute atomic E-state index is 13.5. The van der Waals surface area contributed by atoms with Crippen molar-refractivity contribution in [3.8, 4) is 22.5 Å². The number of likely N-dealkylation sites (tertiary alicyclic amines) is 1. The van der Waals surface area contributed by atoms with Crippen LogP contribution in [0.3, 0.4) is 0 Å². The highest BCUT2D eigenvalue weighted by Crippen LogP contribution is 2.44. The van der Waals surface area contributed by atoms with Crippen molar-refractivity contribution in [3.05, 3.63) is 102 Å². The second-order valence-corrected chi connectivity index (χ2v) is 11.8. The van der Waals surface area contributed by atoms with Gasteiger partial charge in [-0.2, -0.15) is 0 Å². The van der Waals surface area contributed by atoms with Gasteiger partial charge in [0.2, 0.25) is 5.91 Å². The maximum Gasteiger partial charge on any atom is 0.410 e. The molecule has 2 heterocycles. The first-order valence-corrected chi connectivity index (χ1v) is 14.3. The van der Waals surface area contributed by atoms with E-state index in [9.17, 15) is 9.59 Å². The Hall–Kier alpha value is -4.43. The van der Waals surface area contributed by atoms with Crippen LogP contribution in [0.2, 0.25) is 0 Å². The highest BCUT2D eigenvalue weighted by molar-refractivity contribution is 5.86. The number of carbonyl (C=O) groups excluding carboxylic acids is 2. The van der Waals surface area contributed by atoms with Gasteiger partial charge in [0.15, 0.2) is 12.2 Å². The van der Waals surface area contributed by atoms with Crippen LogP contribution in [0.25, 0.3) is 22.5 Å². The molecule has 8 heteroatoms. The Morgan fingerprint density at radius 2 is 1.64 bits per heavy atom. The number of hydrogen-bond acceptors (Lipinski definition) is 6. The number of carbonyl (C=O) groups is 2. The minimum atomic E-state index is -0.693. The van der Waals surface area contributed by atoms with Crippen LogP contribution in [-0.4, -0.2) is 52.8 Å². The summed E-state index contributed by atoms with van der Waals surface area (Å²) in [6.07, 6.45) is 2.67. The second kappa shape index (κ2) is 11.4. The average molecular weight is 566 g/mol. The summed E-state index contributed by atoms with van der Waals surface area (Å²) in [4.78, 5) is 32.4. The van der Waals surface area contributed by atoms with Gasteiger partial charge < -0.3 is 19.2 Å². The quantitative estimate of drug-likeness (QED) is 0.288. The monoisotopic (exact) mass is 565 g/mol.